The molecule has 0 radical (unpaired) electrons. The summed E-state index contributed by atoms with van der Waals surface area (Å²) in [5, 5.41) is 12.0. The predicted molar refractivity (Wildman–Crippen MR) is 106 cm³/mol. The summed E-state index contributed by atoms with van der Waals surface area (Å²) < 4.78 is 0. The minimum absolute atomic E-state index is 0.240. The van der Waals surface area contributed by atoms with E-state index in [4.69, 9.17) is 0 Å². The highest BCUT2D eigenvalue weighted by Gasteiger charge is 2.16. The first-order valence-electron chi connectivity index (χ1n) is 8.67. The normalized spacial score (nSPS) is 11.1. The van der Waals surface area contributed by atoms with Crippen molar-refractivity contribution in [3.05, 3.63) is 88.9 Å². The van der Waals surface area contributed by atoms with Crippen LogP contribution in [0.4, 0.5) is 0 Å². The Labute approximate surface area is 162 Å². The lowest BCUT2D eigenvalue weighted by molar-refractivity contribution is -0.132. The van der Waals surface area contributed by atoms with Gasteiger partial charge >= 0.3 is 5.97 Å². The number of hydrogen-bond donors (Lipinski definition) is 2. The van der Waals surface area contributed by atoms with E-state index in [0.717, 1.165) is 5.56 Å². The first-order valence-corrected chi connectivity index (χ1v) is 8.67. The molecule has 140 valence electrons. The van der Waals surface area contributed by atoms with E-state index in [-0.39, 0.29) is 5.70 Å². The lowest BCUT2D eigenvalue weighted by Crippen LogP contribution is -2.27. The van der Waals surface area contributed by atoms with Gasteiger partial charge in [-0.25, -0.2) is 14.8 Å². The molecule has 0 unspecified atom stereocenters. The number of nitrogens with one attached hydrogen (secondary N) is 1. The van der Waals surface area contributed by atoms with Crippen molar-refractivity contribution in [2.45, 2.75) is 13.8 Å². The van der Waals surface area contributed by atoms with Gasteiger partial charge in [0.05, 0.1) is 0 Å². The number of carbonyl (C=O) groups excluding carboxylic acids is 1. The standard InChI is InChI=1S/C22H19N3O3/c1-14-18(15(2)24-20(23-14)16-9-5-3-6-10-16)13-19(22(27)28)25-21(26)17-11-7-4-8-12-17/h3-13H,1-2H3,(H,25,26)(H,27,28)/b19-13+. The van der Waals surface area contributed by atoms with E-state index in [1.54, 1.807) is 44.2 Å². The van der Waals surface area contributed by atoms with Gasteiger partial charge in [-0.1, -0.05) is 48.5 Å². The van der Waals surface area contributed by atoms with Gasteiger partial charge in [0, 0.05) is 28.1 Å². The zero-order chi connectivity index (χ0) is 20.1. The number of aliphatic carboxylic acids is 1. The molecule has 0 spiro atoms. The number of carboxylic acids is 1. The van der Waals surface area contributed by atoms with Crippen molar-refractivity contribution in [3.8, 4) is 11.4 Å². The van der Waals surface area contributed by atoms with Crippen molar-refractivity contribution in [3.63, 3.8) is 0 Å². The molecule has 0 bridgehead atoms. The van der Waals surface area contributed by atoms with E-state index in [9.17, 15) is 14.7 Å². The minimum atomic E-state index is -1.24. The van der Waals surface area contributed by atoms with Gasteiger partial charge in [-0.3, -0.25) is 4.79 Å². The molecule has 6 heteroatoms. The maximum Gasteiger partial charge on any atom is 0.352 e. The third-order valence-electron chi connectivity index (χ3n) is 4.16. The highest BCUT2D eigenvalue weighted by atomic mass is 16.4. The van der Waals surface area contributed by atoms with Gasteiger partial charge in [0.25, 0.3) is 5.91 Å². The van der Waals surface area contributed by atoms with Crippen LogP contribution in [0.25, 0.3) is 17.5 Å². The quantitative estimate of drug-likeness (QED) is 0.667. The van der Waals surface area contributed by atoms with Crippen LogP contribution >= 0.6 is 0 Å². The summed E-state index contributed by atoms with van der Waals surface area (Å²) >= 11 is 0. The summed E-state index contributed by atoms with van der Waals surface area (Å²) in [6, 6.07) is 18.0. The molecular weight excluding hydrogens is 354 g/mol. The number of nitrogens with zero attached hydrogens (tertiary/aromatic N) is 2. The van der Waals surface area contributed by atoms with Crippen molar-refractivity contribution in [1.29, 1.82) is 0 Å². The van der Waals surface area contributed by atoms with Crippen LogP contribution in [0.15, 0.2) is 66.4 Å². The molecule has 0 aliphatic carbocycles. The Hall–Kier alpha value is -3.80. The lowest BCUT2D eigenvalue weighted by Gasteiger charge is -2.10. The molecular formula is C22H19N3O3. The van der Waals surface area contributed by atoms with Crippen molar-refractivity contribution in [1.82, 2.24) is 15.3 Å². The molecule has 1 heterocycles. The smallest absolute Gasteiger partial charge is 0.352 e. The number of aromatic nitrogens is 2. The number of amides is 1. The Balaban J connectivity index is 1.95. The van der Waals surface area contributed by atoms with Crippen LogP contribution in [-0.4, -0.2) is 27.0 Å². The first kappa shape index (κ1) is 19.0. The molecule has 3 aromatic rings. The Morgan fingerprint density at radius 3 is 1.96 bits per heavy atom. The third kappa shape index (κ3) is 4.29. The van der Waals surface area contributed by atoms with Crippen molar-refractivity contribution < 1.29 is 14.7 Å². The topological polar surface area (TPSA) is 92.2 Å². The summed E-state index contributed by atoms with van der Waals surface area (Å²) in [4.78, 5) is 33.0. The summed E-state index contributed by atoms with van der Waals surface area (Å²) in [5.41, 5.74) is 2.82. The summed E-state index contributed by atoms with van der Waals surface area (Å²) in [6.07, 6.45) is 1.39. The van der Waals surface area contributed by atoms with Crippen LogP contribution in [0.3, 0.4) is 0 Å². The molecule has 28 heavy (non-hydrogen) atoms. The molecule has 0 saturated heterocycles. The van der Waals surface area contributed by atoms with Crippen LogP contribution < -0.4 is 5.32 Å². The molecule has 0 saturated carbocycles. The van der Waals surface area contributed by atoms with Gasteiger partial charge in [0.15, 0.2) is 5.82 Å². The predicted octanol–water partition coefficient (Wildman–Crippen LogP) is 3.62. The Morgan fingerprint density at radius 1 is 0.893 bits per heavy atom. The zero-order valence-corrected chi connectivity index (χ0v) is 15.5. The van der Waals surface area contributed by atoms with Crippen LogP contribution in [0, 0.1) is 13.8 Å². The van der Waals surface area contributed by atoms with E-state index in [1.807, 2.05) is 30.3 Å². The minimum Gasteiger partial charge on any atom is -0.477 e. The summed E-state index contributed by atoms with van der Waals surface area (Å²) in [7, 11) is 0. The van der Waals surface area contributed by atoms with E-state index < -0.39 is 11.9 Å². The molecule has 2 aromatic carbocycles. The molecule has 0 aliphatic rings. The van der Waals surface area contributed by atoms with E-state index in [1.165, 1.54) is 6.08 Å². The van der Waals surface area contributed by atoms with Crippen LogP contribution in [0.5, 0.6) is 0 Å². The van der Waals surface area contributed by atoms with Crippen molar-refractivity contribution in [2.24, 2.45) is 0 Å². The number of carboxylic acid groups (broad SMARTS) is 1. The monoisotopic (exact) mass is 373 g/mol. The largest absolute Gasteiger partial charge is 0.477 e. The maximum absolute atomic E-state index is 12.3. The summed E-state index contributed by atoms with van der Waals surface area (Å²) in [5.74, 6) is -1.17. The average Bonchev–Trinajstić information content (AvgIpc) is 2.70. The summed E-state index contributed by atoms with van der Waals surface area (Å²) in [6.45, 7) is 3.57. The number of carbonyl (C=O) groups is 2. The Kier molecular flexibility index (Phi) is 5.60. The Bertz CT molecular complexity index is 1020. The second kappa shape index (κ2) is 8.26. The van der Waals surface area contributed by atoms with Gasteiger partial charge in [-0.15, -0.1) is 0 Å². The first-order chi connectivity index (χ1) is 13.5. The number of hydrogen-bond acceptors (Lipinski definition) is 4. The van der Waals surface area contributed by atoms with Gasteiger partial charge in [0.1, 0.15) is 5.70 Å². The van der Waals surface area contributed by atoms with Gasteiger partial charge in [0.2, 0.25) is 0 Å². The Morgan fingerprint density at radius 2 is 1.43 bits per heavy atom. The third-order valence-corrected chi connectivity index (χ3v) is 4.16. The second-order valence-corrected chi connectivity index (χ2v) is 6.18. The van der Waals surface area contributed by atoms with E-state index in [2.05, 4.69) is 15.3 Å². The molecule has 1 aromatic heterocycles. The highest BCUT2D eigenvalue weighted by Crippen LogP contribution is 2.20. The van der Waals surface area contributed by atoms with Crippen LogP contribution in [-0.2, 0) is 4.79 Å². The van der Waals surface area contributed by atoms with E-state index >= 15 is 0 Å². The second-order valence-electron chi connectivity index (χ2n) is 6.18. The number of rotatable bonds is 5. The number of aryl methyl sites for hydroxylation is 2. The SMILES string of the molecule is Cc1nc(-c2ccccc2)nc(C)c1/C=C(/NC(=O)c1ccccc1)C(=O)O. The highest BCUT2D eigenvalue weighted by molar-refractivity contribution is 6.02. The fourth-order valence-corrected chi connectivity index (χ4v) is 2.73. The van der Waals surface area contributed by atoms with Crippen LogP contribution in [0.2, 0.25) is 0 Å². The van der Waals surface area contributed by atoms with Crippen LogP contribution in [0.1, 0.15) is 27.3 Å². The lowest BCUT2D eigenvalue weighted by atomic mass is 10.1. The number of benzene rings is 2. The van der Waals surface area contributed by atoms with Gasteiger partial charge in [-0.05, 0) is 32.1 Å². The molecule has 3 rings (SSSR count). The van der Waals surface area contributed by atoms with Crippen molar-refractivity contribution in [2.75, 3.05) is 0 Å². The molecule has 0 aliphatic heterocycles. The molecule has 1 amide bonds. The van der Waals surface area contributed by atoms with E-state index in [0.29, 0.717) is 28.3 Å². The van der Waals surface area contributed by atoms with Gasteiger partial charge in [-0.2, -0.15) is 0 Å². The van der Waals surface area contributed by atoms with Crippen molar-refractivity contribution >= 4 is 18.0 Å². The maximum atomic E-state index is 12.3. The van der Waals surface area contributed by atoms with Gasteiger partial charge < -0.3 is 10.4 Å². The molecule has 0 fully saturated rings. The molecule has 6 nitrogen and oxygen atoms in total. The zero-order valence-electron chi connectivity index (χ0n) is 15.5. The average molecular weight is 373 g/mol. The molecule has 2 N–H and O–H groups in total. The fraction of sp³-hybridized carbons (Fsp3) is 0.0909. The molecule has 0 atom stereocenters. The fourth-order valence-electron chi connectivity index (χ4n) is 2.73.